The Bertz CT molecular complexity index is 1070. The topological polar surface area (TPSA) is 63.7 Å². The molecule has 1 aliphatic heterocycles. The van der Waals surface area contributed by atoms with E-state index in [0.717, 1.165) is 10.0 Å². The minimum atomic E-state index is -0.461. The lowest BCUT2D eigenvalue weighted by atomic mass is 10.1. The first-order valence-corrected chi connectivity index (χ1v) is 9.78. The molecule has 0 N–H and O–H groups in total. The van der Waals surface area contributed by atoms with Crippen LogP contribution in [-0.4, -0.2) is 22.7 Å². The second-order valence-electron chi connectivity index (χ2n) is 6.65. The third-order valence-electron chi connectivity index (χ3n) is 4.66. The van der Waals surface area contributed by atoms with E-state index >= 15 is 0 Å². The summed E-state index contributed by atoms with van der Waals surface area (Å²) in [4.78, 5) is 38.6. The van der Waals surface area contributed by atoms with Crippen molar-refractivity contribution in [3.8, 4) is 0 Å². The Morgan fingerprint density at radius 2 is 1.48 bits per heavy atom. The van der Waals surface area contributed by atoms with Gasteiger partial charge in [-0.25, -0.2) is 4.79 Å². The maximum Gasteiger partial charge on any atom is 0.338 e. The SMILES string of the molecule is O=C(OCc1ccc(Br)cc1)c1cccc(CN2C(=O)c3ccccc3C2=O)c1. The molecule has 1 aliphatic rings. The Morgan fingerprint density at radius 3 is 2.14 bits per heavy atom. The lowest BCUT2D eigenvalue weighted by Gasteiger charge is -2.14. The van der Waals surface area contributed by atoms with E-state index in [0.29, 0.717) is 22.3 Å². The van der Waals surface area contributed by atoms with Crippen LogP contribution in [0.5, 0.6) is 0 Å². The van der Waals surface area contributed by atoms with Crippen molar-refractivity contribution in [3.63, 3.8) is 0 Å². The summed E-state index contributed by atoms with van der Waals surface area (Å²) >= 11 is 3.36. The molecule has 144 valence electrons. The molecule has 0 saturated heterocycles. The van der Waals surface area contributed by atoms with Crippen molar-refractivity contribution in [3.05, 3.63) is 105 Å². The van der Waals surface area contributed by atoms with Gasteiger partial charge in [0.15, 0.2) is 0 Å². The predicted molar refractivity (Wildman–Crippen MR) is 110 cm³/mol. The number of benzene rings is 3. The van der Waals surface area contributed by atoms with Crippen LogP contribution in [0.2, 0.25) is 0 Å². The van der Waals surface area contributed by atoms with Gasteiger partial charge in [-0.2, -0.15) is 0 Å². The molecular formula is C23H16BrNO4. The first kappa shape index (κ1) is 19.1. The van der Waals surface area contributed by atoms with E-state index in [-0.39, 0.29) is 25.0 Å². The van der Waals surface area contributed by atoms with Crippen molar-refractivity contribution in [2.24, 2.45) is 0 Å². The molecule has 0 radical (unpaired) electrons. The van der Waals surface area contributed by atoms with E-state index < -0.39 is 5.97 Å². The molecule has 1 heterocycles. The van der Waals surface area contributed by atoms with Gasteiger partial charge in [0.2, 0.25) is 0 Å². The highest BCUT2D eigenvalue weighted by atomic mass is 79.9. The zero-order valence-corrected chi connectivity index (χ0v) is 16.9. The monoisotopic (exact) mass is 449 g/mol. The van der Waals surface area contributed by atoms with Gasteiger partial charge in [-0.15, -0.1) is 0 Å². The van der Waals surface area contributed by atoms with Crippen molar-refractivity contribution in [1.29, 1.82) is 0 Å². The van der Waals surface area contributed by atoms with Crippen LogP contribution in [0, 0.1) is 0 Å². The molecule has 6 heteroatoms. The molecule has 0 saturated carbocycles. The number of halogens is 1. The van der Waals surface area contributed by atoms with Crippen LogP contribution in [-0.2, 0) is 17.9 Å². The Balaban J connectivity index is 1.45. The average Bonchev–Trinajstić information content (AvgIpc) is 2.98. The Kier molecular flexibility index (Phi) is 5.27. The van der Waals surface area contributed by atoms with E-state index in [1.807, 2.05) is 24.3 Å². The quantitative estimate of drug-likeness (QED) is 0.421. The van der Waals surface area contributed by atoms with Crippen molar-refractivity contribution in [2.75, 3.05) is 0 Å². The molecule has 3 aromatic rings. The van der Waals surface area contributed by atoms with Gasteiger partial charge < -0.3 is 4.74 Å². The molecule has 2 amide bonds. The number of esters is 1. The largest absolute Gasteiger partial charge is 0.457 e. The molecule has 5 nitrogen and oxygen atoms in total. The van der Waals surface area contributed by atoms with Crippen LogP contribution in [0.4, 0.5) is 0 Å². The van der Waals surface area contributed by atoms with E-state index in [1.54, 1.807) is 48.5 Å². The summed E-state index contributed by atoms with van der Waals surface area (Å²) in [6.45, 7) is 0.259. The minimum Gasteiger partial charge on any atom is -0.457 e. The van der Waals surface area contributed by atoms with E-state index in [4.69, 9.17) is 4.74 Å². The summed E-state index contributed by atoms with van der Waals surface area (Å²) in [5, 5.41) is 0. The van der Waals surface area contributed by atoms with E-state index in [1.165, 1.54) is 4.90 Å². The standard InChI is InChI=1S/C23H16BrNO4/c24-18-10-8-15(9-11-18)14-29-23(28)17-5-3-4-16(12-17)13-25-21(26)19-6-1-2-7-20(19)22(25)27/h1-12H,13-14H2. The van der Waals surface area contributed by atoms with Crippen molar-refractivity contribution in [2.45, 2.75) is 13.2 Å². The zero-order chi connectivity index (χ0) is 20.4. The molecule has 4 rings (SSSR count). The minimum absolute atomic E-state index is 0.0974. The number of amides is 2. The normalized spacial score (nSPS) is 12.8. The molecular weight excluding hydrogens is 434 g/mol. The second-order valence-corrected chi connectivity index (χ2v) is 7.56. The fraction of sp³-hybridized carbons (Fsp3) is 0.0870. The first-order chi connectivity index (χ1) is 14.0. The van der Waals surface area contributed by atoms with Gasteiger partial charge in [0.05, 0.1) is 23.2 Å². The zero-order valence-electron chi connectivity index (χ0n) is 15.3. The molecule has 0 spiro atoms. The first-order valence-electron chi connectivity index (χ1n) is 8.98. The molecule has 0 bridgehead atoms. The molecule has 29 heavy (non-hydrogen) atoms. The van der Waals surface area contributed by atoms with E-state index in [9.17, 15) is 14.4 Å². The number of fused-ring (bicyclic) bond motifs is 1. The van der Waals surface area contributed by atoms with Gasteiger partial charge in [-0.1, -0.05) is 52.3 Å². The molecule has 0 aliphatic carbocycles. The number of hydrogen-bond acceptors (Lipinski definition) is 4. The van der Waals surface area contributed by atoms with Gasteiger partial charge in [0.1, 0.15) is 6.61 Å². The summed E-state index contributed by atoms with van der Waals surface area (Å²) in [6.07, 6.45) is 0. The third-order valence-corrected chi connectivity index (χ3v) is 5.19. The highest BCUT2D eigenvalue weighted by Gasteiger charge is 2.34. The summed E-state index contributed by atoms with van der Waals surface area (Å²) < 4.78 is 6.32. The predicted octanol–water partition coefficient (Wildman–Crippen LogP) is 4.60. The highest BCUT2D eigenvalue weighted by Crippen LogP contribution is 2.24. The Morgan fingerprint density at radius 1 is 0.828 bits per heavy atom. The van der Waals surface area contributed by atoms with Crippen LogP contribution >= 0.6 is 15.9 Å². The average molecular weight is 450 g/mol. The van der Waals surface area contributed by atoms with Crippen LogP contribution in [0.1, 0.15) is 42.2 Å². The molecule has 0 fully saturated rings. The fourth-order valence-corrected chi connectivity index (χ4v) is 3.44. The van der Waals surface area contributed by atoms with Crippen LogP contribution in [0.15, 0.2) is 77.3 Å². The summed E-state index contributed by atoms with van der Waals surface area (Å²) in [6, 6.07) is 21.0. The smallest absolute Gasteiger partial charge is 0.338 e. The number of carbonyl (C=O) groups is 3. The Labute approximate surface area is 176 Å². The number of carbonyl (C=O) groups excluding carboxylic acids is 3. The molecule has 0 aromatic heterocycles. The second kappa shape index (κ2) is 8.01. The number of imide groups is 1. The van der Waals surface area contributed by atoms with Gasteiger partial charge >= 0.3 is 5.97 Å². The summed E-state index contributed by atoms with van der Waals surface area (Å²) in [5.74, 6) is -1.11. The number of ether oxygens (including phenoxy) is 1. The number of nitrogens with zero attached hydrogens (tertiary/aromatic N) is 1. The van der Waals surface area contributed by atoms with Crippen molar-refractivity contribution in [1.82, 2.24) is 4.90 Å². The molecule has 3 aromatic carbocycles. The highest BCUT2D eigenvalue weighted by molar-refractivity contribution is 9.10. The van der Waals surface area contributed by atoms with Gasteiger partial charge in [0, 0.05) is 4.47 Å². The van der Waals surface area contributed by atoms with Crippen LogP contribution in [0.3, 0.4) is 0 Å². The van der Waals surface area contributed by atoms with E-state index in [2.05, 4.69) is 15.9 Å². The fourth-order valence-electron chi connectivity index (χ4n) is 3.17. The van der Waals surface area contributed by atoms with Gasteiger partial charge in [0.25, 0.3) is 11.8 Å². The van der Waals surface area contributed by atoms with Crippen LogP contribution in [0.25, 0.3) is 0 Å². The lowest BCUT2D eigenvalue weighted by Crippen LogP contribution is -2.29. The number of rotatable bonds is 5. The summed E-state index contributed by atoms with van der Waals surface area (Å²) in [7, 11) is 0. The molecule has 0 unspecified atom stereocenters. The van der Waals surface area contributed by atoms with Crippen molar-refractivity contribution >= 4 is 33.7 Å². The third kappa shape index (κ3) is 3.98. The molecule has 0 atom stereocenters. The number of hydrogen-bond donors (Lipinski definition) is 0. The lowest BCUT2D eigenvalue weighted by molar-refractivity contribution is 0.0472. The van der Waals surface area contributed by atoms with Crippen LogP contribution < -0.4 is 0 Å². The Hall–Kier alpha value is -3.25. The summed E-state index contributed by atoms with van der Waals surface area (Å²) in [5.41, 5.74) is 2.74. The maximum atomic E-state index is 12.5. The van der Waals surface area contributed by atoms with Gasteiger partial charge in [-0.05, 0) is 47.5 Å². The van der Waals surface area contributed by atoms with Crippen molar-refractivity contribution < 1.29 is 19.1 Å². The van der Waals surface area contributed by atoms with Gasteiger partial charge in [-0.3, -0.25) is 14.5 Å². The maximum absolute atomic E-state index is 12.5.